The molecule has 1 aromatic carbocycles. The molecule has 0 radical (unpaired) electrons. The molecule has 1 aromatic heterocycles. The van der Waals surface area contributed by atoms with E-state index in [9.17, 15) is 9.59 Å². The van der Waals surface area contributed by atoms with Crippen LogP contribution in [-0.4, -0.2) is 52.2 Å². The van der Waals surface area contributed by atoms with Crippen LogP contribution >= 0.6 is 0 Å². The number of carboxylic acid groups (broad SMARTS) is 1. The van der Waals surface area contributed by atoms with E-state index >= 15 is 0 Å². The molecule has 7 nitrogen and oxygen atoms in total. The Bertz CT molecular complexity index is 648. The smallest absolute Gasteiger partial charge is 0.337 e. The highest BCUT2D eigenvalue weighted by Crippen LogP contribution is 2.17. The maximum atomic E-state index is 11.4. The molecule has 0 bridgehead atoms. The molecule has 2 aromatic rings. The van der Waals surface area contributed by atoms with Gasteiger partial charge in [-0.25, -0.2) is 14.6 Å². The summed E-state index contributed by atoms with van der Waals surface area (Å²) < 4.78 is 1.82. The predicted molar refractivity (Wildman–Crippen MR) is 73.8 cm³/mol. The van der Waals surface area contributed by atoms with Gasteiger partial charge in [0, 0.05) is 27.2 Å². The Labute approximate surface area is 115 Å². The van der Waals surface area contributed by atoms with Gasteiger partial charge in [-0.15, -0.1) is 0 Å². The molecule has 0 aliphatic carbocycles. The van der Waals surface area contributed by atoms with Crippen LogP contribution in [0.4, 0.5) is 4.79 Å². The molecule has 0 aliphatic rings. The van der Waals surface area contributed by atoms with Crippen molar-refractivity contribution in [1.29, 1.82) is 0 Å². The Hall–Kier alpha value is -2.57. The van der Waals surface area contributed by atoms with Gasteiger partial charge in [0.15, 0.2) is 0 Å². The van der Waals surface area contributed by atoms with Crippen molar-refractivity contribution in [3.05, 3.63) is 30.1 Å². The van der Waals surface area contributed by atoms with Gasteiger partial charge in [0.05, 0.1) is 17.4 Å². The Balaban J connectivity index is 2.14. The van der Waals surface area contributed by atoms with E-state index in [0.29, 0.717) is 18.6 Å². The molecule has 0 aliphatic heterocycles. The quantitative estimate of drug-likeness (QED) is 0.872. The third kappa shape index (κ3) is 2.71. The number of aromatic nitrogens is 2. The lowest BCUT2D eigenvalue weighted by Gasteiger charge is -2.12. The summed E-state index contributed by atoms with van der Waals surface area (Å²) in [5, 5.41) is 11.8. The molecule has 2 amide bonds. The van der Waals surface area contributed by atoms with E-state index in [-0.39, 0.29) is 11.6 Å². The number of fused-ring (bicyclic) bond motifs is 1. The van der Waals surface area contributed by atoms with Crippen LogP contribution in [0.1, 0.15) is 10.4 Å². The second-order valence-corrected chi connectivity index (χ2v) is 4.54. The van der Waals surface area contributed by atoms with E-state index in [1.165, 1.54) is 11.0 Å². The molecule has 2 N–H and O–H groups in total. The number of para-hydroxylation sites is 1. The fourth-order valence-electron chi connectivity index (χ4n) is 1.88. The first-order valence-electron chi connectivity index (χ1n) is 6.13. The molecule has 0 fully saturated rings. The third-order valence-corrected chi connectivity index (χ3v) is 2.92. The number of aromatic carboxylic acids is 1. The highest BCUT2D eigenvalue weighted by molar-refractivity contribution is 6.00. The van der Waals surface area contributed by atoms with Gasteiger partial charge in [-0.3, -0.25) is 0 Å². The molecular formula is C13H16N4O3. The van der Waals surface area contributed by atoms with Gasteiger partial charge in [0.1, 0.15) is 5.52 Å². The highest BCUT2D eigenvalue weighted by atomic mass is 16.4. The van der Waals surface area contributed by atoms with E-state index in [4.69, 9.17) is 5.11 Å². The maximum absolute atomic E-state index is 11.4. The molecular weight excluding hydrogens is 260 g/mol. The lowest BCUT2D eigenvalue weighted by molar-refractivity contribution is 0.0699. The summed E-state index contributed by atoms with van der Waals surface area (Å²) >= 11 is 0. The van der Waals surface area contributed by atoms with Gasteiger partial charge in [0.2, 0.25) is 0 Å². The van der Waals surface area contributed by atoms with E-state index in [1.807, 2.05) is 10.6 Å². The van der Waals surface area contributed by atoms with Crippen LogP contribution in [0.3, 0.4) is 0 Å². The molecule has 0 saturated carbocycles. The lowest BCUT2D eigenvalue weighted by Crippen LogP contribution is -2.36. The molecule has 0 atom stereocenters. The van der Waals surface area contributed by atoms with Crippen molar-refractivity contribution in [3.63, 3.8) is 0 Å². The zero-order chi connectivity index (χ0) is 14.7. The normalized spacial score (nSPS) is 10.5. The van der Waals surface area contributed by atoms with Crippen molar-refractivity contribution in [2.24, 2.45) is 0 Å². The number of rotatable bonds is 4. The van der Waals surface area contributed by atoms with Gasteiger partial charge in [0.25, 0.3) is 0 Å². The second kappa shape index (κ2) is 5.60. The number of carboxylic acids is 1. The topological polar surface area (TPSA) is 87.5 Å². The van der Waals surface area contributed by atoms with E-state index in [2.05, 4.69) is 10.3 Å². The predicted octanol–water partition coefficient (Wildman–Crippen LogP) is 1.01. The Morgan fingerprint density at radius 2 is 2.15 bits per heavy atom. The number of hydrogen-bond donors (Lipinski definition) is 2. The molecule has 0 spiro atoms. The zero-order valence-corrected chi connectivity index (χ0v) is 11.3. The molecule has 0 unspecified atom stereocenters. The molecule has 0 saturated heterocycles. The maximum Gasteiger partial charge on any atom is 0.337 e. The first-order valence-corrected chi connectivity index (χ1v) is 6.13. The lowest BCUT2D eigenvalue weighted by atomic mass is 10.2. The fourth-order valence-corrected chi connectivity index (χ4v) is 1.88. The fraction of sp³-hybridized carbons (Fsp3) is 0.308. The summed E-state index contributed by atoms with van der Waals surface area (Å²) in [4.78, 5) is 28.1. The van der Waals surface area contributed by atoms with Crippen molar-refractivity contribution in [3.8, 4) is 0 Å². The van der Waals surface area contributed by atoms with Crippen molar-refractivity contribution in [1.82, 2.24) is 19.8 Å². The van der Waals surface area contributed by atoms with Crippen molar-refractivity contribution in [2.75, 3.05) is 20.6 Å². The minimum absolute atomic E-state index is 0.166. The largest absolute Gasteiger partial charge is 0.478 e. The van der Waals surface area contributed by atoms with Crippen LogP contribution in [-0.2, 0) is 6.54 Å². The number of imidazole rings is 1. The minimum Gasteiger partial charge on any atom is -0.478 e. The average molecular weight is 276 g/mol. The number of benzene rings is 1. The van der Waals surface area contributed by atoms with Gasteiger partial charge in [-0.2, -0.15) is 0 Å². The van der Waals surface area contributed by atoms with Gasteiger partial charge < -0.3 is 19.9 Å². The first-order chi connectivity index (χ1) is 9.50. The second-order valence-electron chi connectivity index (χ2n) is 4.54. The summed E-state index contributed by atoms with van der Waals surface area (Å²) in [6, 6.07) is 4.85. The average Bonchev–Trinajstić information content (AvgIpc) is 2.81. The first kappa shape index (κ1) is 13.9. The molecule has 2 rings (SSSR count). The molecule has 20 heavy (non-hydrogen) atoms. The van der Waals surface area contributed by atoms with Crippen LogP contribution in [0.2, 0.25) is 0 Å². The monoisotopic (exact) mass is 276 g/mol. The van der Waals surface area contributed by atoms with Crippen LogP contribution < -0.4 is 5.32 Å². The molecule has 106 valence electrons. The van der Waals surface area contributed by atoms with E-state index < -0.39 is 5.97 Å². The summed E-state index contributed by atoms with van der Waals surface area (Å²) in [7, 11) is 3.34. The molecule has 7 heteroatoms. The van der Waals surface area contributed by atoms with Gasteiger partial charge >= 0.3 is 12.0 Å². The third-order valence-electron chi connectivity index (χ3n) is 2.92. The zero-order valence-electron chi connectivity index (χ0n) is 11.3. The Morgan fingerprint density at radius 3 is 2.80 bits per heavy atom. The van der Waals surface area contributed by atoms with Gasteiger partial charge in [-0.1, -0.05) is 6.07 Å². The van der Waals surface area contributed by atoms with Crippen LogP contribution in [0.5, 0.6) is 0 Å². The van der Waals surface area contributed by atoms with E-state index in [1.54, 1.807) is 26.5 Å². The minimum atomic E-state index is -0.998. The number of nitrogens with one attached hydrogen (secondary N) is 1. The van der Waals surface area contributed by atoms with Crippen LogP contribution in [0, 0.1) is 0 Å². The number of amides is 2. The molecule has 1 heterocycles. The van der Waals surface area contributed by atoms with E-state index in [0.717, 1.165) is 5.52 Å². The summed E-state index contributed by atoms with van der Waals surface area (Å²) in [5.74, 6) is -0.998. The Kier molecular flexibility index (Phi) is 3.88. The summed E-state index contributed by atoms with van der Waals surface area (Å²) in [6.07, 6.45) is 1.58. The van der Waals surface area contributed by atoms with Crippen LogP contribution in [0.15, 0.2) is 24.5 Å². The number of urea groups is 1. The van der Waals surface area contributed by atoms with Gasteiger partial charge in [-0.05, 0) is 12.1 Å². The number of hydrogen-bond acceptors (Lipinski definition) is 3. The van der Waals surface area contributed by atoms with Crippen molar-refractivity contribution < 1.29 is 14.7 Å². The summed E-state index contributed by atoms with van der Waals surface area (Å²) in [6.45, 7) is 0.971. The van der Waals surface area contributed by atoms with Crippen molar-refractivity contribution in [2.45, 2.75) is 6.54 Å². The SMILES string of the molecule is CN(C)C(=O)NCCn1cnc2c(C(=O)O)cccc21. The highest BCUT2D eigenvalue weighted by Gasteiger charge is 2.12. The van der Waals surface area contributed by atoms with Crippen LogP contribution in [0.25, 0.3) is 11.0 Å². The van der Waals surface area contributed by atoms with Crippen molar-refractivity contribution >= 4 is 23.0 Å². The number of carbonyl (C=O) groups excluding carboxylic acids is 1. The summed E-state index contributed by atoms with van der Waals surface area (Å²) in [5.41, 5.74) is 1.38. The Morgan fingerprint density at radius 1 is 1.40 bits per heavy atom. The number of carbonyl (C=O) groups is 2. The standard InChI is InChI=1S/C13H16N4O3/c1-16(2)13(20)14-6-7-17-8-15-11-9(12(18)19)4-3-5-10(11)17/h3-5,8H,6-7H2,1-2H3,(H,14,20)(H,18,19). The number of nitrogens with zero attached hydrogens (tertiary/aromatic N) is 3.